The number of unbranched alkanes of at least 4 members (excludes halogenated alkanes) is 4. The number of nitrogens with zero attached hydrogens (tertiary/aromatic N) is 1. The van der Waals surface area contributed by atoms with Gasteiger partial charge < -0.3 is 14.6 Å². The topological polar surface area (TPSA) is 76.1 Å². The van der Waals surface area contributed by atoms with E-state index in [2.05, 4.69) is 13.8 Å². The van der Waals surface area contributed by atoms with Gasteiger partial charge in [-0.25, -0.2) is 4.79 Å². The van der Waals surface area contributed by atoms with Crippen molar-refractivity contribution in [2.75, 3.05) is 7.11 Å². The Hall–Kier alpha value is -2.84. The Morgan fingerprint density at radius 2 is 1.83 bits per heavy atom. The largest absolute Gasteiger partial charge is 0.493 e. The Morgan fingerprint density at radius 3 is 2.50 bits per heavy atom. The van der Waals surface area contributed by atoms with Gasteiger partial charge in [0.25, 0.3) is 5.91 Å². The van der Waals surface area contributed by atoms with Gasteiger partial charge in [0.15, 0.2) is 17.5 Å². The minimum absolute atomic E-state index is 0.0635. The zero-order valence-corrected chi connectivity index (χ0v) is 22.6. The Kier molecular flexibility index (Phi) is 10.4. The minimum Gasteiger partial charge on any atom is -0.493 e. The molecule has 1 amide bonds. The molecule has 36 heavy (non-hydrogen) atoms. The number of hydrogen-bond acceptors (Lipinski definition) is 6. The molecule has 1 aliphatic rings. The van der Waals surface area contributed by atoms with Crippen molar-refractivity contribution in [1.82, 2.24) is 4.90 Å². The monoisotopic (exact) mass is 527 g/mol. The molecule has 0 spiro atoms. The highest BCUT2D eigenvalue weighted by Crippen LogP contribution is 2.39. The third-order valence-corrected chi connectivity index (χ3v) is 7.29. The lowest BCUT2D eigenvalue weighted by Crippen LogP contribution is -2.37. The van der Waals surface area contributed by atoms with Crippen LogP contribution in [0.1, 0.15) is 69.5 Å². The molecule has 2 atom stereocenters. The molecule has 0 bridgehead atoms. The number of ether oxygens (including phenoxy) is 2. The molecular weight excluding hydrogens is 494 g/mol. The van der Waals surface area contributed by atoms with E-state index in [9.17, 15) is 14.7 Å². The van der Waals surface area contributed by atoms with Crippen LogP contribution in [0.3, 0.4) is 0 Å². The molecule has 2 unspecified atom stereocenters. The number of carbonyl (C=O) groups is 2. The predicted octanol–water partition coefficient (Wildman–Crippen LogP) is 6.85. The maximum Gasteiger partial charge on any atom is 0.331 e. The van der Waals surface area contributed by atoms with Gasteiger partial charge in [-0.05, 0) is 49.1 Å². The minimum atomic E-state index is -1.18. The average Bonchev–Trinajstić information content (AvgIpc) is 3.13. The molecule has 2 aromatic carbocycles. The van der Waals surface area contributed by atoms with Gasteiger partial charge in [-0.15, -0.1) is 0 Å². The summed E-state index contributed by atoms with van der Waals surface area (Å²) in [5.74, 6) is -0.346. The summed E-state index contributed by atoms with van der Waals surface area (Å²) in [6.45, 7) is 4.27. The van der Waals surface area contributed by atoms with Crippen LogP contribution in [0.25, 0.3) is 6.08 Å². The van der Waals surface area contributed by atoms with Crippen LogP contribution in [0.2, 0.25) is 0 Å². The van der Waals surface area contributed by atoms with E-state index in [1.807, 2.05) is 18.2 Å². The molecule has 1 fully saturated rings. The Bertz CT molecular complexity index is 1100. The van der Waals surface area contributed by atoms with Gasteiger partial charge in [0.05, 0.1) is 18.1 Å². The zero-order valence-electron chi connectivity index (χ0n) is 20.9. The molecule has 0 aromatic heterocycles. The lowest BCUT2D eigenvalue weighted by Gasteiger charge is -2.23. The van der Waals surface area contributed by atoms with Gasteiger partial charge in [0.1, 0.15) is 4.32 Å². The van der Waals surface area contributed by atoms with Crippen molar-refractivity contribution in [1.29, 1.82) is 0 Å². The van der Waals surface area contributed by atoms with Gasteiger partial charge in [0, 0.05) is 0 Å². The fraction of sp³-hybridized carbons (Fsp3) is 0.393. The molecule has 192 valence electrons. The quantitative estimate of drug-likeness (QED) is 0.173. The number of hydrogen-bond donors (Lipinski definition) is 1. The first-order valence-corrected chi connectivity index (χ1v) is 13.5. The maximum absolute atomic E-state index is 13.2. The summed E-state index contributed by atoms with van der Waals surface area (Å²) in [6, 6.07) is 12.9. The number of carboxylic acid groups (broad SMARTS) is 1. The first-order chi connectivity index (χ1) is 17.3. The van der Waals surface area contributed by atoms with E-state index in [1.54, 1.807) is 43.5 Å². The second-order valence-electron chi connectivity index (χ2n) is 8.74. The number of aliphatic carboxylic acids is 1. The summed E-state index contributed by atoms with van der Waals surface area (Å²) in [5.41, 5.74) is 1.23. The summed E-state index contributed by atoms with van der Waals surface area (Å²) in [6.07, 6.45) is 8.84. The van der Waals surface area contributed by atoms with Crippen molar-refractivity contribution in [2.45, 2.75) is 64.5 Å². The van der Waals surface area contributed by atoms with Crippen molar-refractivity contribution in [3.8, 4) is 11.5 Å². The second-order valence-corrected chi connectivity index (χ2v) is 10.4. The molecule has 1 heterocycles. The van der Waals surface area contributed by atoms with Crippen molar-refractivity contribution in [3.63, 3.8) is 0 Å². The maximum atomic E-state index is 13.2. The molecule has 3 rings (SSSR count). The number of amides is 1. The van der Waals surface area contributed by atoms with E-state index in [1.165, 1.54) is 30.6 Å². The van der Waals surface area contributed by atoms with Crippen LogP contribution >= 0.6 is 24.0 Å². The molecule has 8 heteroatoms. The smallest absolute Gasteiger partial charge is 0.331 e. The van der Waals surface area contributed by atoms with Crippen molar-refractivity contribution in [3.05, 3.63) is 64.6 Å². The van der Waals surface area contributed by atoms with Crippen LogP contribution in [0.15, 0.2) is 53.4 Å². The fourth-order valence-corrected chi connectivity index (χ4v) is 5.39. The number of thioether (sulfide) groups is 1. The third-order valence-electron chi connectivity index (χ3n) is 5.96. The molecule has 0 aliphatic carbocycles. The molecule has 0 radical (unpaired) electrons. The molecule has 0 saturated carbocycles. The number of benzene rings is 2. The Morgan fingerprint density at radius 1 is 1.11 bits per heavy atom. The van der Waals surface area contributed by atoms with Gasteiger partial charge in [-0.1, -0.05) is 93.0 Å². The van der Waals surface area contributed by atoms with Crippen LogP contribution in [-0.4, -0.2) is 39.4 Å². The normalized spacial score (nSPS) is 16.3. The number of carboxylic acids is 1. The number of rotatable bonds is 13. The molecule has 1 aliphatic heterocycles. The third kappa shape index (κ3) is 7.11. The van der Waals surface area contributed by atoms with E-state index < -0.39 is 17.9 Å². The van der Waals surface area contributed by atoms with Crippen LogP contribution in [0.5, 0.6) is 11.5 Å². The molecule has 6 nitrogen and oxygen atoms in total. The summed E-state index contributed by atoms with van der Waals surface area (Å²) >= 11 is 6.49. The summed E-state index contributed by atoms with van der Waals surface area (Å²) in [7, 11) is 1.58. The highest BCUT2D eigenvalue weighted by atomic mass is 32.2. The van der Waals surface area contributed by atoms with Crippen LogP contribution in [0.4, 0.5) is 0 Å². The standard InChI is InChI=1S/C28H33NO5S2/c1-4-5-6-7-9-12-19(2)34-22-16-15-20(17-23(22)33-3)18-24-26(30)29(28(35)36-24)25(27(31)32)21-13-10-8-11-14-21/h8,10-11,13-19,25H,4-7,9,12H2,1-3H3,(H,31,32). The van der Waals surface area contributed by atoms with E-state index in [4.69, 9.17) is 21.7 Å². The first-order valence-electron chi connectivity index (χ1n) is 12.2. The zero-order chi connectivity index (χ0) is 26.1. The van der Waals surface area contributed by atoms with Crippen molar-refractivity contribution >= 4 is 46.3 Å². The van der Waals surface area contributed by atoms with Crippen LogP contribution < -0.4 is 9.47 Å². The number of methoxy groups -OCH3 is 1. The second kappa shape index (κ2) is 13.5. The van der Waals surface area contributed by atoms with Crippen molar-refractivity contribution < 1.29 is 24.2 Å². The number of carbonyl (C=O) groups excluding carboxylic acids is 1. The molecule has 1 N–H and O–H groups in total. The molecule has 1 saturated heterocycles. The van der Waals surface area contributed by atoms with Crippen molar-refractivity contribution in [2.24, 2.45) is 0 Å². The van der Waals surface area contributed by atoms with E-state index >= 15 is 0 Å². The Labute approximate surface area is 222 Å². The summed E-state index contributed by atoms with van der Waals surface area (Å²) in [4.78, 5) is 26.8. The van der Waals surface area contributed by atoms with Gasteiger partial charge in [-0.2, -0.15) is 0 Å². The van der Waals surface area contributed by atoms with Gasteiger partial charge >= 0.3 is 5.97 Å². The van der Waals surface area contributed by atoms with Gasteiger partial charge in [-0.3, -0.25) is 9.69 Å². The Balaban J connectivity index is 1.73. The predicted molar refractivity (Wildman–Crippen MR) is 148 cm³/mol. The molecular formula is C28H33NO5S2. The van der Waals surface area contributed by atoms with Gasteiger partial charge in [0.2, 0.25) is 0 Å². The fourth-order valence-electron chi connectivity index (χ4n) is 4.07. The lowest BCUT2D eigenvalue weighted by molar-refractivity contribution is -0.145. The SMILES string of the molecule is CCCCCCCC(C)Oc1ccc(C=C2SC(=S)N(C(C(=O)O)c3ccccc3)C2=O)cc1OC. The lowest BCUT2D eigenvalue weighted by atomic mass is 10.1. The summed E-state index contributed by atoms with van der Waals surface area (Å²) < 4.78 is 11.9. The highest BCUT2D eigenvalue weighted by molar-refractivity contribution is 8.26. The van der Waals surface area contributed by atoms with E-state index in [0.717, 1.165) is 30.2 Å². The van der Waals surface area contributed by atoms with E-state index in [-0.39, 0.29) is 10.4 Å². The van der Waals surface area contributed by atoms with Crippen LogP contribution in [-0.2, 0) is 9.59 Å². The molecule has 2 aromatic rings. The van der Waals surface area contributed by atoms with E-state index in [0.29, 0.717) is 22.0 Å². The highest BCUT2D eigenvalue weighted by Gasteiger charge is 2.41. The first kappa shape index (κ1) is 27.7. The average molecular weight is 528 g/mol. The summed E-state index contributed by atoms with van der Waals surface area (Å²) in [5, 5.41) is 9.85. The number of thiocarbonyl (C=S) groups is 1. The van der Waals surface area contributed by atoms with Crippen LogP contribution in [0, 0.1) is 0 Å².